The second kappa shape index (κ2) is 8.93. The number of rotatable bonds is 9. The maximum atomic E-state index is 5.48. The van der Waals surface area contributed by atoms with Gasteiger partial charge in [-0.25, -0.2) is 0 Å². The highest BCUT2D eigenvalue weighted by Crippen LogP contribution is 2.06. The summed E-state index contributed by atoms with van der Waals surface area (Å²) in [6.45, 7) is 6.79. The molecule has 3 heteroatoms. The molecule has 0 aromatic heterocycles. The second-order valence-corrected chi connectivity index (χ2v) is 3.60. The van der Waals surface area contributed by atoms with Crippen LogP contribution >= 0.6 is 0 Å². The summed E-state index contributed by atoms with van der Waals surface area (Å²) < 4.78 is 15.6. The first-order valence-corrected chi connectivity index (χ1v) is 5.72. The lowest BCUT2D eigenvalue weighted by Crippen LogP contribution is -2.08. The highest BCUT2D eigenvalue weighted by molar-refractivity contribution is 5.47. The van der Waals surface area contributed by atoms with Gasteiger partial charge in [-0.15, -0.1) is 0 Å². The van der Waals surface area contributed by atoms with Crippen molar-refractivity contribution in [2.75, 3.05) is 33.5 Å². The molecule has 17 heavy (non-hydrogen) atoms. The molecule has 0 aliphatic heterocycles. The van der Waals surface area contributed by atoms with Crippen LogP contribution in [0.2, 0.25) is 0 Å². The third kappa shape index (κ3) is 6.22. The molecule has 0 unspecified atom stereocenters. The Bertz CT molecular complexity index is 306. The van der Waals surface area contributed by atoms with E-state index in [4.69, 9.17) is 14.2 Å². The van der Waals surface area contributed by atoms with E-state index in [0.717, 1.165) is 11.1 Å². The van der Waals surface area contributed by atoms with Crippen LogP contribution in [0.4, 0.5) is 0 Å². The second-order valence-electron chi connectivity index (χ2n) is 3.60. The van der Waals surface area contributed by atoms with E-state index < -0.39 is 0 Å². The van der Waals surface area contributed by atoms with Gasteiger partial charge in [0.15, 0.2) is 0 Å². The summed E-state index contributed by atoms with van der Waals surface area (Å²) >= 11 is 0. The molecule has 0 N–H and O–H groups in total. The van der Waals surface area contributed by atoms with Gasteiger partial charge in [-0.3, -0.25) is 0 Å². The smallest absolute Gasteiger partial charge is 0.0718 e. The van der Waals surface area contributed by atoms with Crippen molar-refractivity contribution in [1.29, 1.82) is 0 Å². The minimum absolute atomic E-state index is 0.604. The standard InChI is InChI=1S/C14H20O3/c1-3-13-4-6-14(7-5-13)12-17-11-10-16-9-8-15-2/h3-7H,1,8-12H2,2H3. The molecule has 0 bridgehead atoms. The van der Waals surface area contributed by atoms with E-state index in [9.17, 15) is 0 Å². The fraction of sp³-hybridized carbons (Fsp3) is 0.429. The zero-order valence-electron chi connectivity index (χ0n) is 10.4. The predicted octanol–water partition coefficient (Wildman–Crippen LogP) is 2.51. The molecule has 0 heterocycles. The molecule has 1 rings (SSSR count). The Balaban J connectivity index is 2.07. The van der Waals surface area contributed by atoms with Crippen LogP contribution in [0.5, 0.6) is 0 Å². The summed E-state index contributed by atoms with van der Waals surface area (Å²) in [6.07, 6.45) is 1.83. The van der Waals surface area contributed by atoms with Crippen LogP contribution in [-0.4, -0.2) is 33.5 Å². The SMILES string of the molecule is C=Cc1ccc(COCCOCCOC)cc1. The molecule has 0 atom stereocenters. The van der Waals surface area contributed by atoms with Gasteiger partial charge in [0.2, 0.25) is 0 Å². The highest BCUT2D eigenvalue weighted by atomic mass is 16.5. The van der Waals surface area contributed by atoms with Gasteiger partial charge in [0.1, 0.15) is 0 Å². The largest absolute Gasteiger partial charge is 0.382 e. The fourth-order valence-electron chi connectivity index (χ4n) is 1.30. The van der Waals surface area contributed by atoms with Gasteiger partial charge in [-0.05, 0) is 11.1 Å². The molecule has 0 saturated carbocycles. The monoisotopic (exact) mass is 236 g/mol. The molecular weight excluding hydrogens is 216 g/mol. The van der Waals surface area contributed by atoms with Crippen molar-refractivity contribution in [3.63, 3.8) is 0 Å². The molecule has 0 amide bonds. The van der Waals surface area contributed by atoms with Crippen molar-refractivity contribution in [1.82, 2.24) is 0 Å². The molecule has 0 aliphatic carbocycles. The predicted molar refractivity (Wildman–Crippen MR) is 68.9 cm³/mol. The van der Waals surface area contributed by atoms with Gasteiger partial charge in [-0.2, -0.15) is 0 Å². The number of hydrogen-bond donors (Lipinski definition) is 0. The van der Waals surface area contributed by atoms with Crippen molar-refractivity contribution in [2.45, 2.75) is 6.61 Å². The van der Waals surface area contributed by atoms with Gasteiger partial charge < -0.3 is 14.2 Å². The quantitative estimate of drug-likeness (QED) is 0.617. The molecule has 0 radical (unpaired) electrons. The number of ether oxygens (including phenoxy) is 3. The van der Waals surface area contributed by atoms with Crippen LogP contribution in [-0.2, 0) is 20.8 Å². The van der Waals surface area contributed by atoms with Gasteiger partial charge in [0, 0.05) is 7.11 Å². The summed E-state index contributed by atoms with van der Waals surface area (Å²) in [7, 11) is 1.66. The third-order valence-corrected chi connectivity index (χ3v) is 2.29. The van der Waals surface area contributed by atoms with E-state index in [0.29, 0.717) is 33.0 Å². The number of methoxy groups -OCH3 is 1. The molecule has 3 nitrogen and oxygen atoms in total. The summed E-state index contributed by atoms with van der Waals surface area (Å²) in [5, 5.41) is 0. The van der Waals surface area contributed by atoms with Crippen molar-refractivity contribution in [3.05, 3.63) is 42.0 Å². The molecule has 1 aromatic carbocycles. The molecule has 0 saturated heterocycles. The van der Waals surface area contributed by atoms with Crippen LogP contribution in [0.15, 0.2) is 30.8 Å². The van der Waals surface area contributed by atoms with Crippen molar-refractivity contribution >= 4 is 6.08 Å². The van der Waals surface area contributed by atoms with E-state index in [1.54, 1.807) is 7.11 Å². The lowest BCUT2D eigenvalue weighted by Gasteiger charge is -2.06. The average Bonchev–Trinajstić information content (AvgIpc) is 2.38. The third-order valence-electron chi connectivity index (χ3n) is 2.29. The number of benzene rings is 1. The van der Waals surface area contributed by atoms with Crippen LogP contribution in [0.3, 0.4) is 0 Å². The molecule has 94 valence electrons. The molecule has 0 spiro atoms. The summed E-state index contributed by atoms with van der Waals surface area (Å²) in [5.41, 5.74) is 2.28. The van der Waals surface area contributed by atoms with Gasteiger partial charge in [0.25, 0.3) is 0 Å². The lowest BCUT2D eigenvalue weighted by atomic mass is 10.1. The summed E-state index contributed by atoms with van der Waals surface area (Å²) in [4.78, 5) is 0. The van der Waals surface area contributed by atoms with E-state index in [1.165, 1.54) is 0 Å². The lowest BCUT2D eigenvalue weighted by molar-refractivity contribution is 0.0199. The van der Waals surface area contributed by atoms with E-state index in [-0.39, 0.29) is 0 Å². The van der Waals surface area contributed by atoms with Crippen LogP contribution in [0.1, 0.15) is 11.1 Å². The van der Waals surface area contributed by atoms with Gasteiger partial charge in [-0.1, -0.05) is 36.9 Å². The first kappa shape index (κ1) is 13.9. The van der Waals surface area contributed by atoms with Crippen LogP contribution < -0.4 is 0 Å². The zero-order valence-corrected chi connectivity index (χ0v) is 10.4. The average molecular weight is 236 g/mol. The topological polar surface area (TPSA) is 27.7 Å². The maximum absolute atomic E-state index is 5.48. The first-order chi connectivity index (χ1) is 8.36. The molecular formula is C14H20O3. The Kier molecular flexibility index (Phi) is 7.30. The summed E-state index contributed by atoms with van der Waals surface area (Å²) in [5.74, 6) is 0. The Labute approximate surface area is 103 Å². The van der Waals surface area contributed by atoms with Crippen LogP contribution in [0.25, 0.3) is 6.08 Å². The Morgan fingerprint density at radius 3 is 2.29 bits per heavy atom. The Morgan fingerprint density at radius 2 is 1.65 bits per heavy atom. The molecule has 1 aromatic rings. The van der Waals surface area contributed by atoms with Crippen molar-refractivity contribution in [2.24, 2.45) is 0 Å². The fourth-order valence-corrected chi connectivity index (χ4v) is 1.30. The molecule has 0 aliphatic rings. The summed E-state index contributed by atoms with van der Waals surface area (Å²) in [6, 6.07) is 8.15. The van der Waals surface area contributed by atoms with E-state index in [2.05, 4.69) is 6.58 Å². The Hall–Kier alpha value is -1.16. The minimum atomic E-state index is 0.604. The molecule has 0 fully saturated rings. The normalized spacial score (nSPS) is 10.4. The van der Waals surface area contributed by atoms with Crippen molar-refractivity contribution < 1.29 is 14.2 Å². The Morgan fingerprint density at radius 1 is 1.00 bits per heavy atom. The van der Waals surface area contributed by atoms with Crippen LogP contribution in [0, 0.1) is 0 Å². The van der Waals surface area contributed by atoms with E-state index >= 15 is 0 Å². The van der Waals surface area contributed by atoms with Gasteiger partial charge >= 0.3 is 0 Å². The highest BCUT2D eigenvalue weighted by Gasteiger charge is 1.94. The van der Waals surface area contributed by atoms with Crippen molar-refractivity contribution in [3.8, 4) is 0 Å². The number of hydrogen-bond acceptors (Lipinski definition) is 3. The minimum Gasteiger partial charge on any atom is -0.382 e. The first-order valence-electron chi connectivity index (χ1n) is 5.72. The van der Waals surface area contributed by atoms with Gasteiger partial charge in [0.05, 0.1) is 33.0 Å². The maximum Gasteiger partial charge on any atom is 0.0718 e. The van der Waals surface area contributed by atoms with E-state index in [1.807, 2.05) is 30.3 Å². The zero-order chi connectivity index (χ0) is 12.3.